The van der Waals surface area contributed by atoms with Crippen LogP contribution in [-0.4, -0.2) is 50.5 Å². The molecule has 0 radical (unpaired) electrons. The number of carbonyl (C=O) groups is 2. The van der Waals surface area contributed by atoms with E-state index < -0.39 is 16.1 Å². The van der Waals surface area contributed by atoms with Crippen LogP contribution in [0.3, 0.4) is 0 Å². The lowest BCUT2D eigenvalue weighted by atomic mass is 10.0. The van der Waals surface area contributed by atoms with E-state index in [0.717, 1.165) is 22.9 Å². The molecule has 9 heteroatoms. The molecule has 0 aliphatic rings. The van der Waals surface area contributed by atoms with Gasteiger partial charge in [0.2, 0.25) is 21.8 Å². The molecule has 0 saturated heterocycles. The SMILES string of the molecule is Cc1cccc(CN(C(=O)CCCN(c2ccc(Cl)cc2)S(C)(=O)=O)[C@@H](Cc2ccccc2)C(=O)NCC(C)C)c1. The fourth-order valence-corrected chi connectivity index (χ4v) is 5.69. The second-order valence-electron chi connectivity index (χ2n) is 10.8. The smallest absolute Gasteiger partial charge is 0.243 e. The molecule has 3 aromatic rings. The van der Waals surface area contributed by atoms with Gasteiger partial charge in [-0.25, -0.2) is 8.42 Å². The van der Waals surface area contributed by atoms with Crippen LogP contribution in [0, 0.1) is 12.8 Å². The maximum absolute atomic E-state index is 13.9. The zero-order chi connectivity index (χ0) is 30.0. The van der Waals surface area contributed by atoms with Crippen molar-refractivity contribution in [2.45, 2.75) is 52.6 Å². The number of halogens is 1. The average Bonchev–Trinajstić information content (AvgIpc) is 2.92. The van der Waals surface area contributed by atoms with Crippen molar-refractivity contribution in [2.24, 2.45) is 5.92 Å². The second kappa shape index (κ2) is 15.0. The second-order valence-corrected chi connectivity index (χ2v) is 13.1. The third-order valence-corrected chi connectivity index (χ3v) is 8.10. The summed E-state index contributed by atoms with van der Waals surface area (Å²) in [5.74, 6) is -0.161. The van der Waals surface area contributed by atoms with Crippen LogP contribution in [0.2, 0.25) is 5.02 Å². The summed E-state index contributed by atoms with van der Waals surface area (Å²) in [6.07, 6.45) is 1.86. The molecule has 41 heavy (non-hydrogen) atoms. The van der Waals surface area contributed by atoms with Crippen molar-refractivity contribution in [1.82, 2.24) is 10.2 Å². The zero-order valence-electron chi connectivity index (χ0n) is 24.2. The maximum Gasteiger partial charge on any atom is 0.243 e. The minimum atomic E-state index is -3.59. The van der Waals surface area contributed by atoms with E-state index in [1.54, 1.807) is 29.2 Å². The molecule has 1 N–H and O–H groups in total. The van der Waals surface area contributed by atoms with E-state index in [-0.39, 0.29) is 43.7 Å². The van der Waals surface area contributed by atoms with Gasteiger partial charge in [0.05, 0.1) is 11.9 Å². The van der Waals surface area contributed by atoms with E-state index in [4.69, 9.17) is 11.6 Å². The number of nitrogens with zero attached hydrogens (tertiary/aromatic N) is 2. The first-order valence-corrected chi connectivity index (χ1v) is 16.1. The molecule has 0 heterocycles. The van der Waals surface area contributed by atoms with Gasteiger partial charge >= 0.3 is 0 Å². The number of benzene rings is 3. The molecule has 7 nitrogen and oxygen atoms in total. The van der Waals surface area contributed by atoms with E-state index in [2.05, 4.69) is 5.32 Å². The molecule has 1 atom stereocenters. The number of nitrogens with one attached hydrogen (secondary N) is 1. The molecule has 0 aliphatic carbocycles. The summed E-state index contributed by atoms with van der Waals surface area (Å²) in [6.45, 7) is 6.92. The Labute approximate surface area is 249 Å². The third-order valence-electron chi connectivity index (χ3n) is 6.66. The Morgan fingerprint density at radius 3 is 2.20 bits per heavy atom. The number of carbonyl (C=O) groups excluding carboxylic acids is 2. The number of amides is 2. The molecule has 0 aliphatic heterocycles. The van der Waals surface area contributed by atoms with Crippen LogP contribution >= 0.6 is 11.6 Å². The molecule has 0 saturated carbocycles. The first kappa shape index (κ1) is 32.2. The Kier molecular flexibility index (Phi) is 11.8. The Bertz CT molecular complexity index is 1400. The lowest BCUT2D eigenvalue weighted by molar-refractivity contribution is -0.141. The predicted molar refractivity (Wildman–Crippen MR) is 166 cm³/mol. The van der Waals surface area contributed by atoms with E-state index in [9.17, 15) is 18.0 Å². The average molecular weight is 598 g/mol. The number of anilines is 1. The van der Waals surface area contributed by atoms with Gasteiger partial charge in [-0.3, -0.25) is 13.9 Å². The topological polar surface area (TPSA) is 86.8 Å². The third kappa shape index (κ3) is 10.2. The van der Waals surface area contributed by atoms with Gasteiger partial charge in [0, 0.05) is 37.5 Å². The van der Waals surface area contributed by atoms with Gasteiger partial charge in [0.1, 0.15) is 6.04 Å². The van der Waals surface area contributed by atoms with Crippen molar-refractivity contribution in [3.63, 3.8) is 0 Å². The highest BCUT2D eigenvalue weighted by molar-refractivity contribution is 7.92. The fourth-order valence-electron chi connectivity index (χ4n) is 4.59. The largest absolute Gasteiger partial charge is 0.354 e. The van der Waals surface area contributed by atoms with E-state index in [1.165, 1.54) is 4.31 Å². The Balaban J connectivity index is 1.87. The van der Waals surface area contributed by atoms with Crippen molar-refractivity contribution in [1.29, 1.82) is 0 Å². The summed E-state index contributed by atoms with van der Waals surface area (Å²) < 4.78 is 26.4. The molecule has 0 aromatic heterocycles. The highest BCUT2D eigenvalue weighted by atomic mass is 35.5. The number of rotatable bonds is 14. The van der Waals surface area contributed by atoms with Crippen LogP contribution in [0.25, 0.3) is 0 Å². The molecule has 2 amide bonds. The van der Waals surface area contributed by atoms with E-state index in [1.807, 2.05) is 75.4 Å². The van der Waals surface area contributed by atoms with Crippen LogP contribution in [-0.2, 0) is 32.6 Å². The standard InChI is InChI=1S/C32H40ClN3O4S/c1-24(2)22-34-32(38)30(21-26-11-6-5-7-12-26)35(23-27-13-8-10-25(3)20-27)31(37)14-9-19-36(41(4,39)40)29-17-15-28(33)16-18-29/h5-8,10-13,15-18,20,24,30H,9,14,19,21-23H2,1-4H3,(H,34,38)/t30-/m0/s1. The van der Waals surface area contributed by atoms with Gasteiger partial charge in [-0.15, -0.1) is 0 Å². The molecule has 0 bridgehead atoms. The Morgan fingerprint density at radius 2 is 1.59 bits per heavy atom. The number of sulfonamides is 1. The van der Waals surface area contributed by atoms with E-state index in [0.29, 0.717) is 23.7 Å². The molecule has 3 aromatic carbocycles. The van der Waals surface area contributed by atoms with Crippen LogP contribution in [0.4, 0.5) is 5.69 Å². The van der Waals surface area contributed by atoms with Crippen molar-refractivity contribution < 1.29 is 18.0 Å². The summed E-state index contributed by atoms with van der Waals surface area (Å²) >= 11 is 5.99. The molecule has 3 rings (SSSR count). The molecule has 220 valence electrons. The normalized spacial score (nSPS) is 12.1. The van der Waals surface area contributed by atoms with Crippen molar-refractivity contribution in [3.05, 3.63) is 101 Å². The molecular formula is C32H40ClN3O4S. The molecule has 0 fully saturated rings. The minimum absolute atomic E-state index is 0.0776. The molecular weight excluding hydrogens is 558 g/mol. The van der Waals surface area contributed by atoms with Gasteiger partial charge in [-0.2, -0.15) is 0 Å². The van der Waals surface area contributed by atoms with Crippen LogP contribution in [0.5, 0.6) is 0 Å². The predicted octanol–water partition coefficient (Wildman–Crippen LogP) is 5.61. The summed E-state index contributed by atoms with van der Waals surface area (Å²) in [5, 5.41) is 3.53. The zero-order valence-corrected chi connectivity index (χ0v) is 25.8. The van der Waals surface area contributed by atoms with Gasteiger partial charge in [0.15, 0.2) is 0 Å². The summed E-state index contributed by atoms with van der Waals surface area (Å²) in [4.78, 5) is 29.1. The van der Waals surface area contributed by atoms with Crippen LogP contribution < -0.4 is 9.62 Å². The Morgan fingerprint density at radius 1 is 0.927 bits per heavy atom. The molecule has 0 unspecified atom stereocenters. The van der Waals surface area contributed by atoms with Crippen LogP contribution in [0.1, 0.15) is 43.4 Å². The number of hydrogen-bond donors (Lipinski definition) is 1. The minimum Gasteiger partial charge on any atom is -0.354 e. The quantitative estimate of drug-likeness (QED) is 0.262. The summed E-state index contributed by atoms with van der Waals surface area (Å²) in [5.41, 5.74) is 3.42. The maximum atomic E-state index is 13.9. The number of hydrogen-bond acceptors (Lipinski definition) is 4. The van der Waals surface area contributed by atoms with Gasteiger partial charge in [-0.05, 0) is 54.7 Å². The first-order valence-electron chi connectivity index (χ1n) is 13.8. The van der Waals surface area contributed by atoms with Crippen molar-refractivity contribution >= 4 is 39.1 Å². The van der Waals surface area contributed by atoms with Crippen molar-refractivity contribution in [3.8, 4) is 0 Å². The van der Waals surface area contributed by atoms with E-state index >= 15 is 0 Å². The first-order chi connectivity index (χ1) is 19.4. The van der Waals surface area contributed by atoms with Gasteiger partial charge in [-0.1, -0.05) is 85.6 Å². The van der Waals surface area contributed by atoms with Crippen LogP contribution in [0.15, 0.2) is 78.9 Å². The highest BCUT2D eigenvalue weighted by Gasteiger charge is 2.30. The summed E-state index contributed by atoms with van der Waals surface area (Å²) in [6, 6.07) is 23.4. The van der Waals surface area contributed by atoms with Gasteiger partial charge in [0.25, 0.3) is 0 Å². The highest BCUT2D eigenvalue weighted by Crippen LogP contribution is 2.22. The molecule has 0 spiro atoms. The van der Waals surface area contributed by atoms with Crippen molar-refractivity contribution in [2.75, 3.05) is 23.7 Å². The number of aryl methyl sites for hydroxylation is 1. The lowest BCUT2D eigenvalue weighted by Gasteiger charge is -2.32. The Hall–Kier alpha value is -3.36. The summed E-state index contributed by atoms with van der Waals surface area (Å²) in [7, 11) is -3.59. The monoisotopic (exact) mass is 597 g/mol. The van der Waals surface area contributed by atoms with Gasteiger partial charge < -0.3 is 10.2 Å². The fraction of sp³-hybridized carbons (Fsp3) is 0.375. The lowest BCUT2D eigenvalue weighted by Crippen LogP contribution is -2.51.